The molecule has 1 unspecified atom stereocenters. The van der Waals surface area contributed by atoms with Crippen molar-refractivity contribution in [3.05, 3.63) is 65.5 Å². The van der Waals surface area contributed by atoms with Crippen LogP contribution in [0, 0.1) is 0 Å². The summed E-state index contributed by atoms with van der Waals surface area (Å²) < 4.78 is 0. The van der Waals surface area contributed by atoms with Gasteiger partial charge in [-0.05, 0) is 42.5 Å². The molecule has 3 heteroatoms. The highest BCUT2D eigenvalue weighted by molar-refractivity contribution is 5.82. The molecule has 20 heavy (non-hydrogen) atoms. The summed E-state index contributed by atoms with van der Waals surface area (Å²) in [7, 11) is 0. The van der Waals surface area contributed by atoms with Crippen LogP contribution in [-0.4, -0.2) is 16.1 Å². The van der Waals surface area contributed by atoms with E-state index in [1.54, 1.807) is 6.20 Å². The molecular formula is C17H17NO2. The van der Waals surface area contributed by atoms with Gasteiger partial charge in [-0.3, -0.25) is 9.78 Å². The molecule has 3 nitrogen and oxygen atoms in total. The summed E-state index contributed by atoms with van der Waals surface area (Å²) in [6.07, 6.45) is 4.74. The lowest BCUT2D eigenvalue weighted by Gasteiger charge is -2.35. The normalized spacial score (nSPS) is 21.2. The summed E-state index contributed by atoms with van der Waals surface area (Å²) in [6, 6.07) is 13.6. The summed E-state index contributed by atoms with van der Waals surface area (Å²) in [4.78, 5) is 16.3. The van der Waals surface area contributed by atoms with E-state index in [0.29, 0.717) is 12.8 Å². The van der Waals surface area contributed by atoms with Gasteiger partial charge in [0.1, 0.15) is 0 Å². The lowest BCUT2D eigenvalue weighted by molar-refractivity contribution is -0.144. The lowest BCUT2D eigenvalue weighted by Crippen LogP contribution is -2.41. The molecule has 0 saturated carbocycles. The van der Waals surface area contributed by atoms with Crippen LogP contribution in [0.5, 0.6) is 0 Å². The topological polar surface area (TPSA) is 50.2 Å². The number of fused-ring (bicyclic) bond motifs is 1. The van der Waals surface area contributed by atoms with E-state index in [1.165, 1.54) is 0 Å². The predicted octanol–water partition coefficient (Wildman–Crippen LogP) is 2.98. The molecule has 3 rings (SSSR count). The highest BCUT2D eigenvalue weighted by Gasteiger charge is 2.43. The van der Waals surface area contributed by atoms with Gasteiger partial charge in [0.05, 0.1) is 5.41 Å². The largest absolute Gasteiger partial charge is 0.481 e. The number of aromatic nitrogens is 1. The monoisotopic (exact) mass is 267 g/mol. The third-order valence-electron chi connectivity index (χ3n) is 4.20. The Bertz CT molecular complexity index is 624. The quantitative estimate of drug-likeness (QED) is 0.930. The Morgan fingerprint density at radius 3 is 2.75 bits per heavy atom. The molecule has 1 aromatic carbocycles. The van der Waals surface area contributed by atoms with Crippen LogP contribution in [0.15, 0.2) is 48.7 Å². The second-order valence-electron chi connectivity index (χ2n) is 5.40. The van der Waals surface area contributed by atoms with Gasteiger partial charge >= 0.3 is 5.97 Å². The third kappa shape index (κ3) is 2.09. The Morgan fingerprint density at radius 1 is 1.20 bits per heavy atom. The fourth-order valence-corrected chi connectivity index (χ4v) is 3.21. The Labute approximate surface area is 118 Å². The number of carboxylic acid groups (broad SMARTS) is 1. The van der Waals surface area contributed by atoms with Crippen molar-refractivity contribution in [3.8, 4) is 0 Å². The molecule has 0 amide bonds. The first-order valence-electron chi connectivity index (χ1n) is 6.94. The summed E-state index contributed by atoms with van der Waals surface area (Å²) in [5.74, 6) is -0.740. The molecule has 0 saturated heterocycles. The van der Waals surface area contributed by atoms with Crippen molar-refractivity contribution >= 4 is 5.97 Å². The fraction of sp³-hybridized carbons (Fsp3) is 0.294. The smallest absolute Gasteiger partial charge is 0.314 e. The zero-order valence-electron chi connectivity index (χ0n) is 11.2. The van der Waals surface area contributed by atoms with Gasteiger partial charge in [-0.25, -0.2) is 0 Å². The molecule has 1 aromatic heterocycles. The van der Waals surface area contributed by atoms with Crippen LogP contribution in [0.1, 0.15) is 29.7 Å². The molecule has 102 valence electrons. The van der Waals surface area contributed by atoms with Crippen LogP contribution in [0.25, 0.3) is 0 Å². The number of aryl methyl sites for hydroxylation is 1. The molecule has 0 radical (unpaired) electrons. The molecule has 0 fully saturated rings. The van der Waals surface area contributed by atoms with E-state index in [9.17, 15) is 9.90 Å². The van der Waals surface area contributed by atoms with Crippen molar-refractivity contribution in [1.82, 2.24) is 4.98 Å². The van der Waals surface area contributed by atoms with E-state index < -0.39 is 11.4 Å². The SMILES string of the molecule is O=C(O)C1(Cc2ccccn2)CCCc2ccccc21. The lowest BCUT2D eigenvalue weighted by atomic mass is 9.67. The summed E-state index contributed by atoms with van der Waals surface area (Å²) in [6.45, 7) is 0. The third-order valence-corrected chi connectivity index (χ3v) is 4.20. The van der Waals surface area contributed by atoms with E-state index in [4.69, 9.17) is 0 Å². The van der Waals surface area contributed by atoms with Gasteiger partial charge in [0, 0.05) is 18.3 Å². The summed E-state index contributed by atoms with van der Waals surface area (Å²) in [5.41, 5.74) is 2.14. The molecule has 0 aliphatic heterocycles. The summed E-state index contributed by atoms with van der Waals surface area (Å²) in [5, 5.41) is 9.87. The second-order valence-corrected chi connectivity index (χ2v) is 5.40. The molecule has 0 spiro atoms. The Morgan fingerprint density at radius 2 is 2.00 bits per heavy atom. The van der Waals surface area contributed by atoms with Crippen LogP contribution in [-0.2, 0) is 23.1 Å². The standard InChI is InChI=1S/C17H17NO2/c19-16(20)17(12-14-8-3-4-11-18-14)10-5-7-13-6-1-2-9-15(13)17/h1-4,6,8-9,11H,5,7,10,12H2,(H,19,20). The van der Waals surface area contributed by atoms with Crippen molar-refractivity contribution in [1.29, 1.82) is 0 Å². The Hall–Kier alpha value is -2.16. The van der Waals surface area contributed by atoms with Crippen LogP contribution in [0.4, 0.5) is 0 Å². The van der Waals surface area contributed by atoms with Gasteiger partial charge in [0.15, 0.2) is 0 Å². The summed E-state index contributed by atoms with van der Waals surface area (Å²) >= 11 is 0. The van der Waals surface area contributed by atoms with Gasteiger partial charge in [-0.1, -0.05) is 30.3 Å². The second kappa shape index (κ2) is 5.08. The van der Waals surface area contributed by atoms with Gasteiger partial charge in [-0.2, -0.15) is 0 Å². The maximum Gasteiger partial charge on any atom is 0.314 e. The van der Waals surface area contributed by atoms with Crippen LogP contribution >= 0.6 is 0 Å². The van der Waals surface area contributed by atoms with Crippen molar-refractivity contribution in [2.24, 2.45) is 0 Å². The molecule has 1 aliphatic carbocycles. The number of carbonyl (C=O) groups is 1. The number of rotatable bonds is 3. The highest BCUT2D eigenvalue weighted by Crippen LogP contribution is 2.40. The molecule has 1 atom stereocenters. The van der Waals surface area contributed by atoms with Gasteiger partial charge in [-0.15, -0.1) is 0 Å². The number of benzene rings is 1. The number of pyridine rings is 1. The number of hydrogen-bond acceptors (Lipinski definition) is 2. The van der Waals surface area contributed by atoms with Gasteiger partial charge < -0.3 is 5.11 Å². The zero-order valence-corrected chi connectivity index (χ0v) is 11.2. The van der Waals surface area contributed by atoms with Gasteiger partial charge in [0.25, 0.3) is 0 Å². The first-order chi connectivity index (χ1) is 9.72. The minimum absolute atomic E-state index is 0.459. The maximum atomic E-state index is 12.0. The predicted molar refractivity (Wildman–Crippen MR) is 76.6 cm³/mol. The van der Waals surface area contributed by atoms with E-state index in [1.807, 2.05) is 42.5 Å². The molecule has 2 aromatic rings. The minimum atomic E-state index is -0.830. The Balaban J connectivity index is 2.08. The Kier molecular flexibility index (Phi) is 3.26. The minimum Gasteiger partial charge on any atom is -0.481 e. The van der Waals surface area contributed by atoms with Crippen molar-refractivity contribution in [2.75, 3.05) is 0 Å². The van der Waals surface area contributed by atoms with E-state index >= 15 is 0 Å². The average molecular weight is 267 g/mol. The van der Waals surface area contributed by atoms with E-state index in [0.717, 1.165) is 29.7 Å². The van der Waals surface area contributed by atoms with Crippen LogP contribution < -0.4 is 0 Å². The molecule has 0 bridgehead atoms. The molecule has 1 N–H and O–H groups in total. The number of hydrogen-bond donors (Lipinski definition) is 1. The molecule has 1 aliphatic rings. The maximum absolute atomic E-state index is 12.0. The molecule has 1 heterocycles. The van der Waals surface area contributed by atoms with E-state index in [2.05, 4.69) is 4.98 Å². The highest BCUT2D eigenvalue weighted by atomic mass is 16.4. The average Bonchev–Trinajstić information content (AvgIpc) is 2.48. The van der Waals surface area contributed by atoms with Crippen LogP contribution in [0.2, 0.25) is 0 Å². The van der Waals surface area contributed by atoms with Crippen molar-refractivity contribution in [3.63, 3.8) is 0 Å². The molecular weight excluding hydrogens is 250 g/mol. The number of carboxylic acids is 1. The fourth-order valence-electron chi connectivity index (χ4n) is 3.21. The first-order valence-corrected chi connectivity index (χ1v) is 6.94. The number of nitrogens with zero attached hydrogens (tertiary/aromatic N) is 1. The van der Waals surface area contributed by atoms with Gasteiger partial charge in [0.2, 0.25) is 0 Å². The number of aliphatic carboxylic acids is 1. The van der Waals surface area contributed by atoms with Crippen LogP contribution in [0.3, 0.4) is 0 Å². The first kappa shape index (κ1) is 12.9. The van der Waals surface area contributed by atoms with Crippen molar-refractivity contribution < 1.29 is 9.90 Å². The zero-order chi connectivity index (χ0) is 14.0. The van der Waals surface area contributed by atoms with Crippen molar-refractivity contribution in [2.45, 2.75) is 31.1 Å². The van der Waals surface area contributed by atoms with E-state index in [-0.39, 0.29) is 0 Å².